The van der Waals surface area contributed by atoms with E-state index in [1.54, 1.807) is 6.92 Å². The quantitative estimate of drug-likeness (QED) is 0.891. The second kappa shape index (κ2) is 6.82. The van der Waals surface area contributed by atoms with Gasteiger partial charge in [-0.05, 0) is 62.1 Å². The molecule has 3 nitrogen and oxygen atoms in total. The molecule has 126 valence electrons. The van der Waals surface area contributed by atoms with Crippen LogP contribution in [0.15, 0.2) is 24.3 Å². The highest BCUT2D eigenvalue weighted by atomic mass is 35.5. The summed E-state index contributed by atoms with van der Waals surface area (Å²) in [6.07, 6.45) is 6.70. The molecule has 1 aromatic rings. The third kappa shape index (κ3) is 3.72. The highest BCUT2D eigenvalue weighted by molar-refractivity contribution is 6.30. The lowest BCUT2D eigenvalue weighted by molar-refractivity contribution is -0.132. The van der Waals surface area contributed by atoms with Crippen LogP contribution in [-0.4, -0.2) is 29.9 Å². The highest BCUT2D eigenvalue weighted by Crippen LogP contribution is 2.41. The summed E-state index contributed by atoms with van der Waals surface area (Å²) < 4.78 is 0. The van der Waals surface area contributed by atoms with Crippen LogP contribution in [0.1, 0.15) is 51.0 Å². The SMILES string of the molecule is CC(=O)N(CC1CC1)[C@H]1CC[C@](CN)(c2cccc(Cl)c2)CC1. The van der Waals surface area contributed by atoms with Gasteiger partial charge in [0.2, 0.25) is 5.91 Å². The third-order valence-corrected chi connectivity index (χ3v) is 5.97. The standard InChI is InChI=1S/C19H27ClN2O/c1-14(23)22(12-15-5-6-15)18-7-9-19(13-21,10-8-18)16-3-2-4-17(20)11-16/h2-4,11,15,18H,5-10,12-13,21H2,1H3/t18-,19-. The zero-order valence-electron chi connectivity index (χ0n) is 13.9. The topological polar surface area (TPSA) is 46.3 Å². The lowest BCUT2D eigenvalue weighted by Gasteiger charge is -2.43. The van der Waals surface area contributed by atoms with Crippen molar-refractivity contribution in [1.82, 2.24) is 4.90 Å². The predicted molar refractivity (Wildman–Crippen MR) is 94.6 cm³/mol. The molecule has 0 atom stereocenters. The minimum absolute atomic E-state index is 0.0173. The first-order valence-electron chi connectivity index (χ1n) is 8.77. The average Bonchev–Trinajstić information content (AvgIpc) is 3.37. The van der Waals surface area contributed by atoms with E-state index in [1.807, 2.05) is 12.1 Å². The molecular formula is C19H27ClN2O. The molecule has 2 N–H and O–H groups in total. The largest absolute Gasteiger partial charge is 0.340 e. The van der Waals surface area contributed by atoms with Crippen LogP contribution in [0.2, 0.25) is 5.02 Å². The Bertz CT molecular complexity index is 562. The Balaban J connectivity index is 1.71. The summed E-state index contributed by atoms with van der Waals surface area (Å²) in [7, 11) is 0. The van der Waals surface area contributed by atoms with Crippen molar-refractivity contribution in [1.29, 1.82) is 0 Å². The number of halogens is 1. The molecule has 2 fully saturated rings. The molecule has 0 radical (unpaired) electrons. The summed E-state index contributed by atoms with van der Waals surface area (Å²) in [5, 5.41) is 0.775. The van der Waals surface area contributed by atoms with E-state index in [4.69, 9.17) is 17.3 Å². The summed E-state index contributed by atoms with van der Waals surface area (Å²) in [4.78, 5) is 14.2. The van der Waals surface area contributed by atoms with E-state index < -0.39 is 0 Å². The number of amides is 1. The molecule has 0 saturated heterocycles. The van der Waals surface area contributed by atoms with E-state index >= 15 is 0 Å². The molecular weight excluding hydrogens is 308 g/mol. The Hall–Kier alpha value is -1.06. The second-order valence-electron chi connectivity index (χ2n) is 7.34. The molecule has 0 spiro atoms. The van der Waals surface area contributed by atoms with Crippen LogP contribution in [0.25, 0.3) is 0 Å². The van der Waals surface area contributed by atoms with Gasteiger partial charge in [0.05, 0.1) is 0 Å². The van der Waals surface area contributed by atoms with Gasteiger partial charge in [0.25, 0.3) is 0 Å². The van der Waals surface area contributed by atoms with Crippen molar-refractivity contribution in [3.63, 3.8) is 0 Å². The summed E-state index contributed by atoms with van der Waals surface area (Å²) >= 11 is 6.17. The summed E-state index contributed by atoms with van der Waals surface area (Å²) in [6.45, 7) is 3.31. The van der Waals surface area contributed by atoms with Crippen LogP contribution < -0.4 is 5.73 Å². The van der Waals surface area contributed by atoms with E-state index in [-0.39, 0.29) is 11.3 Å². The molecule has 2 aliphatic rings. The number of benzene rings is 1. The lowest BCUT2D eigenvalue weighted by Crippen LogP contribution is -2.47. The smallest absolute Gasteiger partial charge is 0.219 e. The molecule has 1 amide bonds. The van der Waals surface area contributed by atoms with Gasteiger partial charge in [0.15, 0.2) is 0 Å². The maximum atomic E-state index is 12.0. The molecule has 2 saturated carbocycles. The zero-order valence-corrected chi connectivity index (χ0v) is 14.7. The Kier molecular flexibility index (Phi) is 4.98. The maximum Gasteiger partial charge on any atom is 0.219 e. The van der Waals surface area contributed by atoms with Crippen molar-refractivity contribution < 1.29 is 4.79 Å². The van der Waals surface area contributed by atoms with Gasteiger partial charge in [0.1, 0.15) is 0 Å². The Morgan fingerprint density at radius 2 is 2.00 bits per heavy atom. The molecule has 0 heterocycles. The Labute approximate surface area is 144 Å². The number of carbonyl (C=O) groups is 1. The van der Waals surface area contributed by atoms with Gasteiger partial charge < -0.3 is 10.6 Å². The van der Waals surface area contributed by atoms with Crippen LogP contribution in [0.5, 0.6) is 0 Å². The van der Waals surface area contributed by atoms with Gasteiger partial charge in [-0.3, -0.25) is 4.79 Å². The first-order valence-corrected chi connectivity index (χ1v) is 9.15. The molecule has 0 aromatic heterocycles. The number of hydrogen-bond donors (Lipinski definition) is 1. The van der Waals surface area contributed by atoms with Gasteiger partial charge in [-0.2, -0.15) is 0 Å². The van der Waals surface area contributed by atoms with Crippen LogP contribution in [0.3, 0.4) is 0 Å². The lowest BCUT2D eigenvalue weighted by atomic mass is 9.68. The van der Waals surface area contributed by atoms with Crippen molar-refractivity contribution in [3.8, 4) is 0 Å². The van der Waals surface area contributed by atoms with Crippen LogP contribution in [-0.2, 0) is 10.2 Å². The summed E-state index contributed by atoms with van der Waals surface area (Å²) in [5.41, 5.74) is 7.44. The fourth-order valence-electron chi connectivity index (χ4n) is 4.01. The van der Waals surface area contributed by atoms with E-state index in [2.05, 4.69) is 17.0 Å². The second-order valence-corrected chi connectivity index (χ2v) is 7.78. The normalized spacial score (nSPS) is 27.7. The minimum Gasteiger partial charge on any atom is -0.340 e. The zero-order chi connectivity index (χ0) is 16.4. The van der Waals surface area contributed by atoms with Crippen molar-refractivity contribution in [3.05, 3.63) is 34.9 Å². The van der Waals surface area contributed by atoms with Gasteiger partial charge in [-0.15, -0.1) is 0 Å². The third-order valence-electron chi connectivity index (χ3n) is 5.74. The summed E-state index contributed by atoms with van der Waals surface area (Å²) in [5.74, 6) is 0.970. The fourth-order valence-corrected chi connectivity index (χ4v) is 4.20. The van der Waals surface area contributed by atoms with Gasteiger partial charge >= 0.3 is 0 Å². The van der Waals surface area contributed by atoms with Gasteiger partial charge in [0, 0.05) is 36.5 Å². The molecule has 1 aromatic carbocycles. The Morgan fingerprint density at radius 1 is 1.30 bits per heavy atom. The molecule has 4 heteroatoms. The van der Waals surface area contributed by atoms with Crippen LogP contribution in [0.4, 0.5) is 0 Å². The Morgan fingerprint density at radius 3 is 2.52 bits per heavy atom. The molecule has 3 rings (SSSR count). The number of nitrogens with zero attached hydrogens (tertiary/aromatic N) is 1. The monoisotopic (exact) mass is 334 g/mol. The number of rotatable bonds is 5. The summed E-state index contributed by atoms with van der Waals surface area (Å²) in [6, 6.07) is 8.50. The highest BCUT2D eigenvalue weighted by Gasteiger charge is 2.39. The number of nitrogens with two attached hydrogens (primary N) is 1. The predicted octanol–water partition coefficient (Wildman–Crippen LogP) is 3.74. The maximum absolute atomic E-state index is 12.0. The van der Waals surface area contributed by atoms with E-state index in [0.717, 1.165) is 43.2 Å². The first-order chi connectivity index (χ1) is 11.0. The van der Waals surface area contributed by atoms with Crippen LogP contribution in [0, 0.1) is 5.92 Å². The van der Waals surface area contributed by atoms with Gasteiger partial charge in [-0.25, -0.2) is 0 Å². The molecule has 0 aliphatic heterocycles. The number of carbonyl (C=O) groups excluding carboxylic acids is 1. The van der Waals surface area contributed by atoms with Crippen molar-refractivity contribution in [2.75, 3.05) is 13.1 Å². The van der Waals surface area contributed by atoms with Crippen molar-refractivity contribution in [2.24, 2.45) is 11.7 Å². The molecule has 2 aliphatic carbocycles. The van der Waals surface area contributed by atoms with Crippen molar-refractivity contribution >= 4 is 17.5 Å². The molecule has 23 heavy (non-hydrogen) atoms. The van der Waals surface area contributed by atoms with E-state index in [9.17, 15) is 4.79 Å². The minimum atomic E-state index is 0.0173. The number of hydrogen-bond acceptors (Lipinski definition) is 2. The van der Waals surface area contributed by atoms with Crippen molar-refractivity contribution in [2.45, 2.75) is 56.9 Å². The average molecular weight is 335 g/mol. The van der Waals surface area contributed by atoms with Crippen LogP contribution >= 0.6 is 11.6 Å². The first kappa shape index (κ1) is 16.8. The van der Waals surface area contributed by atoms with E-state index in [1.165, 1.54) is 18.4 Å². The molecule has 0 unspecified atom stereocenters. The van der Waals surface area contributed by atoms with Gasteiger partial charge in [-0.1, -0.05) is 23.7 Å². The fraction of sp³-hybridized carbons (Fsp3) is 0.632. The molecule has 0 bridgehead atoms. The van der Waals surface area contributed by atoms with E-state index in [0.29, 0.717) is 12.6 Å².